The summed E-state index contributed by atoms with van der Waals surface area (Å²) >= 11 is 11.7. The van der Waals surface area contributed by atoms with Crippen molar-refractivity contribution in [3.63, 3.8) is 0 Å². The Morgan fingerprint density at radius 3 is 2.43 bits per heavy atom. The third kappa shape index (κ3) is 4.43. The molecule has 0 bridgehead atoms. The lowest BCUT2D eigenvalue weighted by Crippen LogP contribution is -2.08. The second kappa shape index (κ2) is 6.86. The molecule has 0 fully saturated rings. The number of rotatable bonds is 4. The van der Waals surface area contributed by atoms with Gasteiger partial charge < -0.3 is 4.74 Å². The van der Waals surface area contributed by atoms with Crippen LogP contribution >= 0.6 is 23.2 Å². The van der Waals surface area contributed by atoms with E-state index in [0.29, 0.717) is 5.56 Å². The molecule has 23 heavy (non-hydrogen) atoms. The summed E-state index contributed by atoms with van der Waals surface area (Å²) in [6.07, 6.45) is 1.02. The van der Waals surface area contributed by atoms with Gasteiger partial charge in [0.15, 0.2) is 9.84 Å². The van der Waals surface area contributed by atoms with Crippen LogP contribution in [0.5, 0.6) is 0 Å². The Hall–Kier alpha value is -1.63. The van der Waals surface area contributed by atoms with Crippen molar-refractivity contribution in [1.29, 1.82) is 0 Å². The van der Waals surface area contributed by atoms with Crippen LogP contribution in [-0.4, -0.2) is 20.6 Å². The van der Waals surface area contributed by atoms with Gasteiger partial charge in [0.05, 0.1) is 20.5 Å². The predicted octanol–water partition coefficient (Wildman–Crippen LogP) is 3.89. The van der Waals surface area contributed by atoms with Crippen LogP contribution in [0, 0.1) is 5.82 Å². The first-order valence-corrected chi connectivity index (χ1v) is 8.94. The third-order valence-corrected chi connectivity index (χ3v) is 4.75. The maximum Gasteiger partial charge on any atom is 0.340 e. The number of benzene rings is 2. The molecule has 0 amide bonds. The van der Waals surface area contributed by atoms with Crippen LogP contribution in [0.3, 0.4) is 0 Å². The normalized spacial score (nSPS) is 11.3. The zero-order valence-electron chi connectivity index (χ0n) is 11.8. The molecule has 0 aliphatic rings. The number of sulfone groups is 1. The highest BCUT2D eigenvalue weighted by Crippen LogP contribution is 2.23. The van der Waals surface area contributed by atoms with Gasteiger partial charge in [0, 0.05) is 11.8 Å². The summed E-state index contributed by atoms with van der Waals surface area (Å²) in [6.45, 7) is -0.197. The van der Waals surface area contributed by atoms with Crippen LogP contribution in [0.25, 0.3) is 0 Å². The molecule has 0 heterocycles. The molecule has 8 heteroatoms. The van der Waals surface area contributed by atoms with Crippen molar-refractivity contribution in [3.8, 4) is 0 Å². The van der Waals surface area contributed by atoms with Gasteiger partial charge in [-0.15, -0.1) is 0 Å². The molecule has 0 radical (unpaired) electrons. The highest BCUT2D eigenvalue weighted by Gasteiger charge is 2.17. The molecule has 2 rings (SSSR count). The van der Waals surface area contributed by atoms with Crippen LogP contribution in [0.2, 0.25) is 10.0 Å². The lowest BCUT2D eigenvalue weighted by atomic mass is 10.2. The molecule has 0 spiro atoms. The number of hydrogen-bond donors (Lipinski definition) is 0. The smallest absolute Gasteiger partial charge is 0.340 e. The van der Waals surface area contributed by atoms with E-state index >= 15 is 0 Å². The molecule has 0 saturated carbocycles. The standard InChI is InChI=1S/C15H11Cl2FO4S/c1-23(20,21)11-4-5-13(16)12(7-11)15(19)22-8-9-2-3-10(18)6-14(9)17/h2-7H,8H2,1H3. The molecule has 0 atom stereocenters. The van der Waals surface area contributed by atoms with Crippen molar-refractivity contribution < 1.29 is 22.3 Å². The zero-order chi connectivity index (χ0) is 17.2. The second-order valence-electron chi connectivity index (χ2n) is 4.73. The summed E-state index contributed by atoms with van der Waals surface area (Å²) in [5.74, 6) is -1.31. The van der Waals surface area contributed by atoms with E-state index in [4.69, 9.17) is 27.9 Å². The van der Waals surface area contributed by atoms with Gasteiger partial charge in [-0.25, -0.2) is 17.6 Å². The Kier molecular flexibility index (Phi) is 5.29. The van der Waals surface area contributed by atoms with E-state index in [1.807, 2.05) is 0 Å². The van der Waals surface area contributed by atoms with Gasteiger partial charge in [0.25, 0.3) is 0 Å². The summed E-state index contributed by atoms with van der Waals surface area (Å²) in [5, 5.41) is 0.182. The number of hydrogen-bond acceptors (Lipinski definition) is 4. The minimum Gasteiger partial charge on any atom is -0.457 e. The van der Waals surface area contributed by atoms with Crippen molar-refractivity contribution in [2.45, 2.75) is 11.5 Å². The van der Waals surface area contributed by atoms with E-state index < -0.39 is 21.6 Å². The Morgan fingerprint density at radius 2 is 1.83 bits per heavy atom. The molecule has 0 aliphatic heterocycles. The number of halogens is 3. The van der Waals surface area contributed by atoms with Crippen molar-refractivity contribution in [1.82, 2.24) is 0 Å². The van der Waals surface area contributed by atoms with Gasteiger partial charge in [0.2, 0.25) is 0 Å². The molecule has 0 saturated heterocycles. The summed E-state index contributed by atoms with van der Waals surface area (Å²) in [4.78, 5) is 12.0. The maximum atomic E-state index is 13.0. The van der Waals surface area contributed by atoms with Gasteiger partial charge in [0.1, 0.15) is 12.4 Å². The lowest BCUT2D eigenvalue weighted by molar-refractivity contribution is 0.0473. The second-order valence-corrected chi connectivity index (χ2v) is 7.56. The predicted molar refractivity (Wildman–Crippen MR) is 85.1 cm³/mol. The number of esters is 1. The lowest BCUT2D eigenvalue weighted by Gasteiger charge is -2.09. The maximum absolute atomic E-state index is 13.0. The average molecular weight is 377 g/mol. The molecule has 2 aromatic carbocycles. The van der Waals surface area contributed by atoms with E-state index in [2.05, 4.69) is 0 Å². The van der Waals surface area contributed by atoms with Crippen LogP contribution in [-0.2, 0) is 21.2 Å². The highest BCUT2D eigenvalue weighted by atomic mass is 35.5. The molecule has 0 unspecified atom stereocenters. The van der Waals surface area contributed by atoms with E-state index in [1.54, 1.807) is 0 Å². The van der Waals surface area contributed by atoms with Crippen LogP contribution in [0.4, 0.5) is 4.39 Å². The van der Waals surface area contributed by atoms with Crippen LogP contribution in [0.1, 0.15) is 15.9 Å². The monoisotopic (exact) mass is 376 g/mol. The van der Waals surface area contributed by atoms with Crippen molar-refractivity contribution in [3.05, 3.63) is 63.4 Å². The number of ether oxygens (including phenoxy) is 1. The molecule has 4 nitrogen and oxygen atoms in total. The fourth-order valence-corrected chi connectivity index (χ4v) is 2.81. The summed E-state index contributed by atoms with van der Waals surface area (Å²) in [5.41, 5.74) is 0.338. The Balaban J connectivity index is 2.21. The van der Waals surface area contributed by atoms with Gasteiger partial charge >= 0.3 is 5.97 Å². The quantitative estimate of drug-likeness (QED) is 0.759. The van der Waals surface area contributed by atoms with Crippen LogP contribution in [0.15, 0.2) is 41.3 Å². The van der Waals surface area contributed by atoms with Crippen molar-refractivity contribution in [2.75, 3.05) is 6.26 Å². The molecule has 0 N–H and O–H groups in total. The molecule has 0 aliphatic carbocycles. The Morgan fingerprint density at radius 1 is 1.13 bits per heavy atom. The average Bonchev–Trinajstić information content (AvgIpc) is 2.45. The van der Waals surface area contributed by atoms with Crippen LogP contribution < -0.4 is 0 Å². The van der Waals surface area contributed by atoms with Gasteiger partial charge in [-0.2, -0.15) is 0 Å². The Bertz CT molecular complexity index is 866. The van der Waals surface area contributed by atoms with Crippen molar-refractivity contribution in [2.24, 2.45) is 0 Å². The van der Waals surface area contributed by atoms with E-state index in [9.17, 15) is 17.6 Å². The van der Waals surface area contributed by atoms with E-state index in [0.717, 1.165) is 18.4 Å². The first kappa shape index (κ1) is 17.7. The largest absolute Gasteiger partial charge is 0.457 e. The van der Waals surface area contributed by atoms with E-state index in [1.165, 1.54) is 24.3 Å². The topological polar surface area (TPSA) is 60.4 Å². The first-order chi connectivity index (χ1) is 10.7. The van der Waals surface area contributed by atoms with Gasteiger partial charge in [-0.1, -0.05) is 29.3 Å². The van der Waals surface area contributed by atoms with Crippen molar-refractivity contribution >= 4 is 39.0 Å². The zero-order valence-corrected chi connectivity index (χ0v) is 14.2. The van der Waals surface area contributed by atoms with Gasteiger partial charge in [-0.3, -0.25) is 0 Å². The fraction of sp³-hybridized carbons (Fsp3) is 0.133. The summed E-state index contributed by atoms with van der Waals surface area (Å²) in [6, 6.07) is 7.42. The summed E-state index contributed by atoms with van der Waals surface area (Å²) in [7, 11) is -3.48. The molecule has 2 aromatic rings. The minimum absolute atomic E-state index is 0.0475. The highest BCUT2D eigenvalue weighted by molar-refractivity contribution is 7.90. The minimum atomic E-state index is -3.48. The molecular formula is C15H11Cl2FO4S. The SMILES string of the molecule is CS(=O)(=O)c1ccc(Cl)c(C(=O)OCc2ccc(F)cc2Cl)c1. The molecule has 0 aromatic heterocycles. The number of carbonyl (C=O) groups excluding carboxylic acids is 1. The number of carbonyl (C=O) groups is 1. The molecule has 122 valence electrons. The van der Waals surface area contributed by atoms with E-state index in [-0.39, 0.29) is 27.1 Å². The third-order valence-electron chi connectivity index (χ3n) is 2.96. The summed E-state index contributed by atoms with van der Waals surface area (Å²) < 4.78 is 41.1. The first-order valence-electron chi connectivity index (χ1n) is 6.29. The Labute approximate surface area is 142 Å². The van der Waals surface area contributed by atoms with Gasteiger partial charge in [-0.05, 0) is 30.3 Å². The fourth-order valence-electron chi connectivity index (χ4n) is 1.75. The molecular weight excluding hydrogens is 366 g/mol.